The average Bonchev–Trinajstić information content (AvgIpc) is 2.97. The Morgan fingerprint density at radius 2 is 1.73 bits per heavy atom. The summed E-state index contributed by atoms with van der Waals surface area (Å²) in [4.78, 5) is 3.87. The molecule has 0 spiro atoms. The van der Waals surface area contributed by atoms with Crippen LogP contribution in [0.15, 0.2) is 53.4 Å². The van der Waals surface area contributed by atoms with E-state index in [0.29, 0.717) is 23.9 Å². The molecular weight excluding hydrogens is 344 g/mol. The lowest BCUT2D eigenvalue weighted by Crippen LogP contribution is -2.38. The molecule has 0 amide bonds. The number of aromatic amines is 1. The Kier molecular flexibility index (Phi) is 4.37. The highest BCUT2D eigenvalue weighted by Crippen LogP contribution is 2.36. The van der Waals surface area contributed by atoms with Crippen LogP contribution in [0.3, 0.4) is 0 Å². The number of aryl methyl sites for hydroxylation is 2. The smallest absolute Gasteiger partial charge is 0.243 e. The van der Waals surface area contributed by atoms with Crippen LogP contribution in [0.5, 0.6) is 0 Å². The van der Waals surface area contributed by atoms with Gasteiger partial charge in [-0.2, -0.15) is 4.31 Å². The first-order valence-electron chi connectivity index (χ1n) is 9.11. The van der Waals surface area contributed by atoms with Crippen molar-refractivity contribution in [3.8, 4) is 0 Å². The zero-order chi connectivity index (χ0) is 18.3. The van der Waals surface area contributed by atoms with E-state index in [1.165, 1.54) is 16.6 Å². The maximum Gasteiger partial charge on any atom is 0.243 e. The van der Waals surface area contributed by atoms with Crippen LogP contribution in [0.25, 0.3) is 10.9 Å². The fourth-order valence-electron chi connectivity index (χ4n) is 4.13. The normalized spacial score (nSPS) is 17.0. The monoisotopic (exact) mass is 368 g/mol. The molecule has 1 saturated heterocycles. The number of rotatable bonds is 3. The Labute approximate surface area is 154 Å². The third-order valence-corrected chi connectivity index (χ3v) is 7.33. The van der Waals surface area contributed by atoms with E-state index in [2.05, 4.69) is 30.1 Å². The molecule has 1 N–H and O–H groups in total. The van der Waals surface area contributed by atoms with Crippen LogP contribution in [0.4, 0.5) is 0 Å². The van der Waals surface area contributed by atoms with Crippen LogP contribution in [-0.2, 0) is 10.0 Å². The molecule has 0 atom stereocenters. The average molecular weight is 369 g/mol. The predicted octanol–water partition coefficient (Wildman–Crippen LogP) is 4.35. The first kappa shape index (κ1) is 17.3. The summed E-state index contributed by atoms with van der Waals surface area (Å²) in [6.45, 7) is 5.18. The molecule has 5 heteroatoms. The molecule has 0 saturated carbocycles. The van der Waals surface area contributed by atoms with Gasteiger partial charge in [-0.1, -0.05) is 30.3 Å². The minimum Gasteiger partial charge on any atom is -0.358 e. The molecule has 2 heterocycles. The fourth-order valence-corrected chi connectivity index (χ4v) is 5.71. The molecule has 26 heavy (non-hydrogen) atoms. The van der Waals surface area contributed by atoms with Crippen LogP contribution in [0.2, 0.25) is 0 Å². The van der Waals surface area contributed by atoms with Crippen molar-refractivity contribution >= 4 is 20.9 Å². The lowest BCUT2D eigenvalue weighted by atomic mass is 9.88. The van der Waals surface area contributed by atoms with E-state index in [1.54, 1.807) is 16.4 Å². The number of para-hydroxylation sites is 1. The second-order valence-electron chi connectivity index (χ2n) is 7.20. The number of piperidine rings is 1. The highest BCUT2D eigenvalue weighted by molar-refractivity contribution is 7.89. The van der Waals surface area contributed by atoms with Gasteiger partial charge in [0.1, 0.15) is 0 Å². The van der Waals surface area contributed by atoms with Crippen LogP contribution in [-0.4, -0.2) is 30.8 Å². The third kappa shape index (κ3) is 2.95. The van der Waals surface area contributed by atoms with Gasteiger partial charge < -0.3 is 4.98 Å². The van der Waals surface area contributed by atoms with E-state index in [4.69, 9.17) is 0 Å². The topological polar surface area (TPSA) is 53.2 Å². The first-order chi connectivity index (χ1) is 12.5. The maximum atomic E-state index is 12.9. The molecule has 1 aliphatic heterocycles. The molecule has 4 nitrogen and oxygen atoms in total. The molecular formula is C21H24N2O2S. The quantitative estimate of drug-likeness (QED) is 0.747. The summed E-state index contributed by atoms with van der Waals surface area (Å²) in [5, 5.41) is 1.27. The van der Waals surface area contributed by atoms with Gasteiger partial charge in [-0.05, 0) is 61.9 Å². The summed E-state index contributed by atoms with van der Waals surface area (Å²) >= 11 is 0. The molecule has 2 aromatic carbocycles. The van der Waals surface area contributed by atoms with E-state index >= 15 is 0 Å². The van der Waals surface area contributed by atoms with Gasteiger partial charge in [-0.25, -0.2) is 8.42 Å². The molecule has 3 aromatic rings. The number of benzene rings is 2. The summed E-state index contributed by atoms with van der Waals surface area (Å²) < 4.78 is 27.5. The highest BCUT2D eigenvalue weighted by Gasteiger charge is 2.31. The van der Waals surface area contributed by atoms with Crippen LogP contribution in [0, 0.1) is 13.8 Å². The molecule has 0 unspecified atom stereocenters. The van der Waals surface area contributed by atoms with Crippen molar-refractivity contribution in [2.45, 2.75) is 37.5 Å². The Hall–Kier alpha value is -2.11. The highest BCUT2D eigenvalue weighted by atomic mass is 32.2. The number of H-pyrrole nitrogens is 1. The number of aromatic nitrogens is 1. The minimum atomic E-state index is -3.40. The molecule has 1 aromatic heterocycles. The van der Waals surface area contributed by atoms with Crippen molar-refractivity contribution in [2.75, 3.05) is 13.1 Å². The van der Waals surface area contributed by atoms with Crippen molar-refractivity contribution in [1.82, 2.24) is 9.29 Å². The Bertz CT molecular complexity index is 1040. The van der Waals surface area contributed by atoms with Gasteiger partial charge in [0.05, 0.1) is 4.90 Å². The van der Waals surface area contributed by atoms with Crippen molar-refractivity contribution in [1.29, 1.82) is 0 Å². The van der Waals surface area contributed by atoms with Gasteiger partial charge in [-0.3, -0.25) is 0 Å². The van der Waals surface area contributed by atoms with E-state index in [-0.39, 0.29) is 0 Å². The van der Waals surface area contributed by atoms with Crippen molar-refractivity contribution in [3.05, 3.63) is 65.4 Å². The zero-order valence-electron chi connectivity index (χ0n) is 15.2. The van der Waals surface area contributed by atoms with E-state index < -0.39 is 10.0 Å². The number of nitrogens with one attached hydrogen (secondary N) is 1. The number of hydrogen-bond donors (Lipinski definition) is 1. The summed E-state index contributed by atoms with van der Waals surface area (Å²) in [7, 11) is -3.40. The SMILES string of the molecule is Cc1cccc(S(=O)(=O)N2CCC(c3c(C)[nH]c4ccccc34)CC2)c1. The molecule has 136 valence electrons. The van der Waals surface area contributed by atoms with E-state index in [0.717, 1.165) is 23.9 Å². The van der Waals surface area contributed by atoms with Gasteiger partial charge in [0.25, 0.3) is 0 Å². The molecule has 4 rings (SSSR count). The van der Waals surface area contributed by atoms with Gasteiger partial charge in [-0.15, -0.1) is 0 Å². The fraction of sp³-hybridized carbons (Fsp3) is 0.333. The number of nitrogens with zero attached hydrogens (tertiary/aromatic N) is 1. The number of hydrogen-bond acceptors (Lipinski definition) is 2. The van der Waals surface area contributed by atoms with E-state index in [1.807, 2.05) is 25.1 Å². The minimum absolute atomic E-state index is 0.398. The molecule has 1 aliphatic rings. The largest absolute Gasteiger partial charge is 0.358 e. The van der Waals surface area contributed by atoms with Crippen LogP contribution in [0.1, 0.15) is 35.6 Å². The molecule has 0 aliphatic carbocycles. The standard InChI is InChI=1S/C21H24N2O2S/c1-15-6-5-7-18(14-15)26(24,25)23-12-10-17(11-13-23)21-16(2)22-20-9-4-3-8-19(20)21/h3-9,14,17,22H,10-13H2,1-2H3. The molecule has 0 radical (unpaired) electrons. The summed E-state index contributed by atoms with van der Waals surface area (Å²) in [6, 6.07) is 15.5. The van der Waals surface area contributed by atoms with Gasteiger partial charge in [0, 0.05) is 29.7 Å². The second-order valence-corrected chi connectivity index (χ2v) is 9.14. The van der Waals surface area contributed by atoms with Crippen LogP contribution >= 0.6 is 0 Å². The molecule has 0 bridgehead atoms. The van der Waals surface area contributed by atoms with E-state index in [9.17, 15) is 8.42 Å². The third-order valence-electron chi connectivity index (χ3n) is 5.43. The Morgan fingerprint density at radius 1 is 1.00 bits per heavy atom. The Morgan fingerprint density at radius 3 is 2.46 bits per heavy atom. The number of sulfonamides is 1. The maximum absolute atomic E-state index is 12.9. The Balaban J connectivity index is 1.56. The van der Waals surface area contributed by atoms with Crippen molar-refractivity contribution in [2.24, 2.45) is 0 Å². The lowest BCUT2D eigenvalue weighted by molar-refractivity contribution is 0.320. The van der Waals surface area contributed by atoms with Gasteiger partial charge in [0.2, 0.25) is 10.0 Å². The van der Waals surface area contributed by atoms with Crippen LogP contribution < -0.4 is 0 Å². The summed E-state index contributed by atoms with van der Waals surface area (Å²) in [5.74, 6) is 0.398. The summed E-state index contributed by atoms with van der Waals surface area (Å²) in [5.41, 5.74) is 4.68. The molecule has 1 fully saturated rings. The lowest BCUT2D eigenvalue weighted by Gasteiger charge is -2.31. The predicted molar refractivity (Wildman–Crippen MR) is 105 cm³/mol. The zero-order valence-corrected chi connectivity index (χ0v) is 16.0. The summed E-state index contributed by atoms with van der Waals surface area (Å²) in [6.07, 6.45) is 1.71. The van der Waals surface area contributed by atoms with Crippen molar-refractivity contribution < 1.29 is 8.42 Å². The van der Waals surface area contributed by atoms with Gasteiger partial charge >= 0.3 is 0 Å². The van der Waals surface area contributed by atoms with Gasteiger partial charge in [0.15, 0.2) is 0 Å². The first-order valence-corrected chi connectivity index (χ1v) is 10.5. The number of fused-ring (bicyclic) bond motifs is 1. The van der Waals surface area contributed by atoms with Crippen molar-refractivity contribution in [3.63, 3.8) is 0 Å². The second kappa shape index (κ2) is 6.56.